The lowest BCUT2D eigenvalue weighted by atomic mass is 10.1. The van der Waals surface area contributed by atoms with Gasteiger partial charge < -0.3 is 24.3 Å². The molecule has 222 valence electrons. The summed E-state index contributed by atoms with van der Waals surface area (Å²) < 4.78 is 21.2. The summed E-state index contributed by atoms with van der Waals surface area (Å²) in [5, 5.41) is 2.88. The number of ether oxygens (including phenoxy) is 4. The normalized spacial score (nSPS) is 20.2. The highest BCUT2D eigenvalue weighted by molar-refractivity contribution is 6.05. The van der Waals surface area contributed by atoms with Gasteiger partial charge in [-0.1, -0.05) is 60.7 Å². The summed E-state index contributed by atoms with van der Waals surface area (Å²) in [5.74, 6) is -2.14. The fraction of sp³-hybridized carbons (Fsp3) is 0.484. The van der Waals surface area contributed by atoms with Gasteiger partial charge in [0.15, 0.2) is 0 Å². The first-order valence-electron chi connectivity index (χ1n) is 13.7. The number of methoxy groups -OCH3 is 1. The number of hydrogen-bond acceptors (Lipinski definition) is 8. The van der Waals surface area contributed by atoms with Crippen LogP contribution in [0.2, 0.25) is 0 Å². The minimum Gasteiger partial charge on any atom is -0.468 e. The van der Waals surface area contributed by atoms with E-state index in [4.69, 9.17) is 14.2 Å². The van der Waals surface area contributed by atoms with Gasteiger partial charge >= 0.3 is 12.1 Å². The van der Waals surface area contributed by atoms with Crippen molar-refractivity contribution in [2.75, 3.05) is 20.3 Å². The predicted molar refractivity (Wildman–Crippen MR) is 150 cm³/mol. The Morgan fingerprint density at radius 3 is 1.95 bits per heavy atom. The highest BCUT2D eigenvalue weighted by atomic mass is 16.6. The maximum atomic E-state index is 12.5. The molecule has 2 aliphatic heterocycles. The standard InChI is InChI=1S/C19H25NO6.C12H15NO2/c1-19(2,3)26-18(23)20-14(10-15(16(20)21)17(22)24-4)12-25-11-13-8-6-5-7-9-13;14-12-7-6-11(13-12)9-15-8-10-4-2-1-3-5-10/h5-9,14-15H,10-12H2,1-4H3;1-5,11H,6-9H2,(H,13,14). The van der Waals surface area contributed by atoms with Crippen LogP contribution >= 0.6 is 0 Å². The van der Waals surface area contributed by atoms with E-state index in [-0.39, 0.29) is 25.0 Å². The lowest BCUT2D eigenvalue weighted by molar-refractivity contribution is -0.150. The van der Waals surface area contributed by atoms with Crippen LogP contribution in [0.1, 0.15) is 51.2 Å². The molecule has 0 bridgehead atoms. The zero-order valence-corrected chi connectivity index (χ0v) is 24.2. The van der Waals surface area contributed by atoms with Gasteiger partial charge in [0.2, 0.25) is 11.8 Å². The molecule has 4 rings (SSSR count). The maximum absolute atomic E-state index is 12.5. The van der Waals surface area contributed by atoms with Crippen molar-refractivity contribution in [3.05, 3.63) is 71.8 Å². The number of nitrogens with zero attached hydrogens (tertiary/aromatic N) is 1. The van der Waals surface area contributed by atoms with E-state index < -0.39 is 35.5 Å². The molecule has 0 radical (unpaired) electrons. The van der Waals surface area contributed by atoms with E-state index in [2.05, 4.69) is 10.1 Å². The summed E-state index contributed by atoms with van der Waals surface area (Å²) in [5.41, 5.74) is 1.39. The molecule has 3 atom stereocenters. The average molecular weight is 569 g/mol. The van der Waals surface area contributed by atoms with Crippen molar-refractivity contribution in [2.24, 2.45) is 5.92 Å². The number of nitrogens with one attached hydrogen (secondary N) is 1. The van der Waals surface area contributed by atoms with E-state index >= 15 is 0 Å². The fourth-order valence-electron chi connectivity index (χ4n) is 4.44. The first-order chi connectivity index (χ1) is 19.6. The highest BCUT2D eigenvalue weighted by Crippen LogP contribution is 2.28. The molecule has 1 N–H and O–H groups in total. The number of carbonyl (C=O) groups excluding carboxylic acids is 4. The van der Waals surface area contributed by atoms with Crippen LogP contribution in [0.4, 0.5) is 4.79 Å². The van der Waals surface area contributed by atoms with E-state index in [9.17, 15) is 19.2 Å². The number of esters is 1. The van der Waals surface area contributed by atoms with Gasteiger partial charge in [-0.2, -0.15) is 0 Å². The monoisotopic (exact) mass is 568 g/mol. The van der Waals surface area contributed by atoms with E-state index in [0.717, 1.165) is 16.9 Å². The Morgan fingerprint density at radius 2 is 1.46 bits per heavy atom. The second kappa shape index (κ2) is 15.3. The molecule has 2 aliphatic rings. The Bertz CT molecular complexity index is 1150. The van der Waals surface area contributed by atoms with Crippen molar-refractivity contribution in [1.82, 2.24) is 10.2 Å². The van der Waals surface area contributed by atoms with Crippen molar-refractivity contribution >= 4 is 23.9 Å². The van der Waals surface area contributed by atoms with Gasteiger partial charge in [-0.25, -0.2) is 9.69 Å². The van der Waals surface area contributed by atoms with Gasteiger partial charge in [-0.05, 0) is 44.7 Å². The minimum absolute atomic E-state index is 0.118. The van der Waals surface area contributed by atoms with Gasteiger partial charge in [0.25, 0.3) is 0 Å². The average Bonchev–Trinajstić information content (AvgIpc) is 3.51. The number of carbonyl (C=O) groups is 4. The van der Waals surface area contributed by atoms with Crippen LogP contribution < -0.4 is 5.32 Å². The van der Waals surface area contributed by atoms with Gasteiger partial charge in [0.1, 0.15) is 11.5 Å². The highest BCUT2D eigenvalue weighted by Gasteiger charge is 2.48. The summed E-state index contributed by atoms with van der Waals surface area (Å²) in [4.78, 5) is 48.8. The number of amides is 3. The summed E-state index contributed by atoms with van der Waals surface area (Å²) in [6.07, 6.45) is 0.911. The molecule has 0 saturated carbocycles. The largest absolute Gasteiger partial charge is 0.468 e. The topological polar surface area (TPSA) is 120 Å². The second-order valence-electron chi connectivity index (χ2n) is 11.0. The molecule has 0 aliphatic carbocycles. The summed E-state index contributed by atoms with van der Waals surface area (Å²) in [7, 11) is 1.21. The van der Waals surface area contributed by atoms with Crippen molar-refractivity contribution in [1.29, 1.82) is 0 Å². The van der Waals surface area contributed by atoms with Crippen LogP contribution in [0.5, 0.6) is 0 Å². The minimum atomic E-state index is -1.02. The first kappa shape index (κ1) is 31.8. The Hall–Kier alpha value is -3.76. The SMILES string of the molecule is COC(=O)C1CC(COCc2ccccc2)N(C(=O)OC(C)(C)C)C1=O.O=C1CCC(COCc2ccccc2)N1. The van der Waals surface area contributed by atoms with Gasteiger partial charge in [-0.15, -0.1) is 0 Å². The molecule has 10 nitrogen and oxygen atoms in total. The number of rotatable bonds is 9. The molecular weight excluding hydrogens is 528 g/mol. The number of hydrogen-bond donors (Lipinski definition) is 1. The van der Waals surface area contributed by atoms with E-state index in [1.165, 1.54) is 12.7 Å². The molecule has 0 spiro atoms. The zero-order chi connectivity index (χ0) is 29.8. The van der Waals surface area contributed by atoms with Crippen LogP contribution in [-0.4, -0.2) is 66.8 Å². The molecule has 0 aromatic heterocycles. The quantitative estimate of drug-likeness (QED) is 0.356. The van der Waals surface area contributed by atoms with Crippen LogP contribution in [0.25, 0.3) is 0 Å². The fourth-order valence-corrected chi connectivity index (χ4v) is 4.44. The van der Waals surface area contributed by atoms with Crippen molar-refractivity contribution in [3.8, 4) is 0 Å². The molecule has 41 heavy (non-hydrogen) atoms. The first-order valence-corrected chi connectivity index (χ1v) is 13.7. The van der Waals surface area contributed by atoms with Gasteiger partial charge in [0, 0.05) is 6.42 Å². The molecule has 3 amide bonds. The number of likely N-dealkylation sites (tertiary alicyclic amines) is 1. The summed E-state index contributed by atoms with van der Waals surface area (Å²) in [6.45, 7) is 6.83. The lowest BCUT2D eigenvalue weighted by Crippen LogP contribution is -2.44. The second-order valence-corrected chi connectivity index (χ2v) is 11.0. The molecule has 10 heteroatoms. The molecule has 2 fully saturated rings. The van der Waals surface area contributed by atoms with Crippen LogP contribution in [-0.2, 0) is 46.5 Å². The smallest absolute Gasteiger partial charge is 0.417 e. The Balaban J connectivity index is 0.000000260. The Labute approximate surface area is 241 Å². The molecule has 3 unspecified atom stereocenters. The zero-order valence-electron chi connectivity index (χ0n) is 24.2. The van der Waals surface area contributed by atoms with Crippen molar-refractivity contribution in [3.63, 3.8) is 0 Å². The predicted octanol–water partition coefficient (Wildman–Crippen LogP) is 4.01. The Morgan fingerprint density at radius 1 is 0.902 bits per heavy atom. The van der Waals surface area contributed by atoms with Crippen LogP contribution in [0.15, 0.2) is 60.7 Å². The van der Waals surface area contributed by atoms with Crippen molar-refractivity contribution < 1.29 is 38.1 Å². The van der Waals surface area contributed by atoms with E-state index in [0.29, 0.717) is 26.2 Å². The van der Waals surface area contributed by atoms with E-state index in [1.54, 1.807) is 20.8 Å². The molecule has 2 aromatic carbocycles. The molecule has 2 saturated heterocycles. The van der Waals surface area contributed by atoms with Gasteiger partial charge in [0.05, 0.1) is 45.6 Å². The molecule has 2 aromatic rings. The summed E-state index contributed by atoms with van der Waals surface area (Å²) in [6, 6.07) is 19.2. The summed E-state index contributed by atoms with van der Waals surface area (Å²) >= 11 is 0. The molecule has 2 heterocycles. The maximum Gasteiger partial charge on any atom is 0.417 e. The van der Waals surface area contributed by atoms with E-state index in [1.807, 2.05) is 60.7 Å². The van der Waals surface area contributed by atoms with Crippen molar-refractivity contribution in [2.45, 2.75) is 70.9 Å². The molecular formula is C31H40N2O8. The third-order valence-electron chi connectivity index (χ3n) is 6.42. The van der Waals surface area contributed by atoms with Crippen LogP contribution in [0, 0.1) is 5.92 Å². The Kier molecular flexibility index (Phi) is 11.9. The number of imide groups is 1. The van der Waals surface area contributed by atoms with Gasteiger partial charge in [-0.3, -0.25) is 14.4 Å². The third kappa shape index (κ3) is 10.3. The third-order valence-corrected chi connectivity index (χ3v) is 6.42. The van der Waals surface area contributed by atoms with Crippen LogP contribution in [0.3, 0.4) is 0 Å². The lowest BCUT2D eigenvalue weighted by Gasteiger charge is -2.27. The number of benzene rings is 2.